The molecule has 1 saturated heterocycles. The molecule has 148 valence electrons. The van der Waals surface area contributed by atoms with Crippen molar-refractivity contribution in [1.82, 2.24) is 14.3 Å². The van der Waals surface area contributed by atoms with Crippen LogP contribution in [0.4, 0.5) is 5.69 Å². The average Bonchev–Trinajstić information content (AvgIpc) is 3.11. The summed E-state index contributed by atoms with van der Waals surface area (Å²) in [4.78, 5) is 30.5. The second-order valence-electron chi connectivity index (χ2n) is 7.31. The number of amides is 1. The SMILES string of the molecule is CC(O)C1C(=O)N2C(C(=O)[O-])=C(SCCc3cn4cc(N)ccc4n3)[C@H](C)C12.[Na+]. The molecule has 2 aromatic heterocycles. The van der Waals surface area contributed by atoms with Gasteiger partial charge in [0.05, 0.1) is 35.4 Å². The van der Waals surface area contributed by atoms with E-state index in [1.54, 1.807) is 19.2 Å². The number of carboxylic acids is 1. The van der Waals surface area contributed by atoms with E-state index in [2.05, 4.69) is 4.98 Å². The Bertz CT molecular complexity index is 1010. The number of hydrogen-bond acceptors (Lipinski definition) is 7. The molecule has 0 radical (unpaired) electrons. The number of aliphatic hydroxyl groups excluding tert-OH is 1. The number of aliphatic carboxylic acids is 1. The van der Waals surface area contributed by atoms with Gasteiger partial charge in [0.15, 0.2) is 0 Å². The number of thioether (sulfide) groups is 1. The van der Waals surface area contributed by atoms with Crippen molar-refractivity contribution in [2.24, 2.45) is 11.8 Å². The normalized spacial score (nSPS) is 24.3. The fraction of sp³-hybridized carbons (Fsp3) is 0.421. The first kappa shape index (κ1) is 22.2. The first-order valence-corrected chi connectivity index (χ1v) is 10.1. The Balaban J connectivity index is 0.00000240. The van der Waals surface area contributed by atoms with Crippen LogP contribution in [0, 0.1) is 11.8 Å². The van der Waals surface area contributed by atoms with Crippen LogP contribution in [0.3, 0.4) is 0 Å². The van der Waals surface area contributed by atoms with Crippen LogP contribution in [0.5, 0.6) is 0 Å². The smallest absolute Gasteiger partial charge is 0.543 e. The molecule has 4 rings (SSSR count). The Morgan fingerprint density at radius 3 is 2.79 bits per heavy atom. The first-order valence-electron chi connectivity index (χ1n) is 9.12. The molecule has 0 aliphatic carbocycles. The predicted molar refractivity (Wildman–Crippen MR) is 103 cm³/mol. The molecule has 4 heterocycles. The van der Waals surface area contributed by atoms with E-state index in [9.17, 15) is 19.8 Å². The Morgan fingerprint density at radius 1 is 1.41 bits per heavy atom. The molecule has 0 bridgehead atoms. The van der Waals surface area contributed by atoms with E-state index < -0.39 is 18.0 Å². The number of hydrogen-bond donors (Lipinski definition) is 2. The molecule has 10 heteroatoms. The zero-order valence-corrected chi connectivity index (χ0v) is 19.3. The Morgan fingerprint density at radius 2 is 2.14 bits per heavy atom. The van der Waals surface area contributed by atoms with Crippen molar-refractivity contribution in [1.29, 1.82) is 0 Å². The van der Waals surface area contributed by atoms with Gasteiger partial charge in [-0.05, 0) is 19.1 Å². The Kier molecular flexibility index (Phi) is 6.35. The van der Waals surface area contributed by atoms with Gasteiger partial charge in [0.25, 0.3) is 0 Å². The number of nitrogens with zero attached hydrogens (tertiary/aromatic N) is 3. The van der Waals surface area contributed by atoms with Crippen molar-refractivity contribution < 1.29 is 49.4 Å². The molecule has 0 saturated carbocycles. The van der Waals surface area contributed by atoms with Crippen LogP contribution in [-0.4, -0.2) is 49.2 Å². The maximum atomic E-state index is 12.3. The largest absolute Gasteiger partial charge is 1.00 e. The Hall–Kier alpha value is -1.52. The minimum Gasteiger partial charge on any atom is -0.543 e. The number of aromatic nitrogens is 2. The molecule has 0 aromatic carbocycles. The molecule has 4 atom stereocenters. The number of pyridine rings is 1. The fourth-order valence-corrected chi connectivity index (χ4v) is 5.41. The minimum absolute atomic E-state index is 0. The van der Waals surface area contributed by atoms with E-state index in [4.69, 9.17) is 5.73 Å². The molecule has 2 aliphatic rings. The third-order valence-electron chi connectivity index (χ3n) is 5.44. The van der Waals surface area contributed by atoms with E-state index in [1.807, 2.05) is 23.6 Å². The summed E-state index contributed by atoms with van der Waals surface area (Å²) < 4.78 is 1.86. The number of fused-ring (bicyclic) bond motifs is 2. The summed E-state index contributed by atoms with van der Waals surface area (Å²) in [5.41, 5.74) is 8.05. The fourth-order valence-electron chi connectivity index (χ4n) is 4.15. The average molecular weight is 424 g/mol. The number of nitrogens with two attached hydrogens (primary N) is 1. The summed E-state index contributed by atoms with van der Waals surface area (Å²) in [5.74, 6) is -1.80. The number of carboxylic acid groups (broad SMARTS) is 1. The third kappa shape index (κ3) is 3.70. The van der Waals surface area contributed by atoms with Crippen molar-refractivity contribution in [3.8, 4) is 0 Å². The van der Waals surface area contributed by atoms with E-state index >= 15 is 0 Å². The van der Waals surface area contributed by atoms with Gasteiger partial charge in [-0.15, -0.1) is 11.8 Å². The van der Waals surface area contributed by atoms with Crippen molar-refractivity contribution in [2.45, 2.75) is 32.4 Å². The van der Waals surface area contributed by atoms with Crippen LogP contribution in [0.2, 0.25) is 0 Å². The van der Waals surface area contributed by atoms with Crippen LogP contribution in [0.25, 0.3) is 5.65 Å². The van der Waals surface area contributed by atoms with Gasteiger partial charge in [0, 0.05) is 41.1 Å². The summed E-state index contributed by atoms with van der Waals surface area (Å²) >= 11 is 1.41. The van der Waals surface area contributed by atoms with Crippen molar-refractivity contribution in [3.05, 3.63) is 40.8 Å². The van der Waals surface area contributed by atoms with Gasteiger partial charge in [-0.3, -0.25) is 4.79 Å². The molecular weight excluding hydrogens is 403 g/mol. The van der Waals surface area contributed by atoms with E-state index in [0.717, 1.165) is 11.3 Å². The van der Waals surface area contributed by atoms with E-state index in [1.165, 1.54) is 16.7 Å². The molecule has 1 amide bonds. The summed E-state index contributed by atoms with van der Waals surface area (Å²) in [7, 11) is 0. The van der Waals surface area contributed by atoms with Gasteiger partial charge in [0.2, 0.25) is 5.91 Å². The van der Waals surface area contributed by atoms with Gasteiger partial charge in [-0.25, -0.2) is 4.98 Å². The molecule has 29 heavy (non-hydrogen) atoms. The second-order valence-corrected chi connectivity index (χ2v) is 8.45. The zero-order valence-electron chi connectivity index (χ0n) is 16.5. The summed E-state index contributed by atoms with van der Waals surface area (Å²) in [6.45, 7) is 3.46. The monoisotopic (exact) mass is 424 g/mol. The van der Waals surface area contributed by atoms with Crippen LogP contribution in [0.15, 0.2) is 35.1 Å². The van der Waals surface area contributed by atoms with Crippen LogP contribution >= 0.6 is 11.8 Å². The first-order chi connectivity index (χ1) is 13.3. The van der Waals surface area contributed by atoms with Crippen LogP contribution < -0.4 is 40.4 Å². The number of aliphatic hydroxyl groups is 1. The Labute approximate surface area is 194 Å². The van der Waals surface area contributed by atoms with Crippen molar-refractivity contribution >= 4 is 35.0 Å². The number of nitrogen functional groups attached to an aromatic ring is 1. The molecular formula is C19H21N4NaO4S. The maximum absolute atomic E-state index is 12.3. The van der Waals surface area contributed by atoms with Crippen LogP contribution in [-0.2, 0) is 16.0 Å². The second kappa shape index (κ2) is 8.31. The van der Waals surface area contributed by atoms with Gasteiger partial charge >= 0.3 is 29.6 Å². The predicted octanol–water partition coefficient (Wildman–Crippen LogP) is -2.98. The minimum atomic E-state index is -1.35. The van der Waals surface area contributed by atoms with Gasteiger partial charge in [0.1, 0.15) is 5.65 Å². The maximum Gasteiger partial charge on any atom is 1.00 e. The van der Waals surface area contributed by atoms with E-state index in [0.29, 0.717) is 22.8 Å². The standard InChI is InChI=1S/C19H22N4O4S.Na/c1-9-15-14(10(2)24)18(25)23(15)16(19(26)27)17(9)28-6-5-12-8-22-7-11(20)3-4-13(22)21-12;/h3-4,7-10,14-15,24H,5-6,20H2,1-2H3,(H,26,27);/q;+1/p-1/t9-,10?,14?,15?;/m1./s1. The number of imidazole rings is 1. The summed E-state index contributed by atoms with van der Waals surface area (Å²) in [6, 6.07) is 3.31. The van der Waals surface area contributed by atoms with Crippen molar-refractivity contribution in [3.63, 3.8) is 0 Å². The number of rotatable bonds is 6. The molecule has 3 unspecified atom stereocenters. The van der Waals surface area contributed by atoms with Crippen LogP contribution in [0.1, 0.15) is 19.5 Å². The number of β-lactam (4-membered cyclic amide) rings is 1. The summed E-state index contributed by atoms with van der Waals surface area (Å²) in [6.07, 6.45) is 3.52. The molecule has 2 aromatic rings. The molecule has 3 N–H and O–H groups in total. The van der Waals surface area contributed by atoms with Gasteiger partial charge in [-0.2, -0.15) is 0 Å². The molecule has 2 aliphatic heterocycles. The quantitative estimate of drug-likeness (QED) is 0.375. The topological polar surface area (TPSA) is 124 Å². The number of aryl methyl sites for hydroxylation is 1. The zero-order chi connectivity index (χ0) is 20.2. The molecule has 1 fully saturated rings. The number of anilines is 1. The van der Waals surface area contributed by atoms with E-state index in [-0.39, 0.29) is 53.1 Å². The third-order valence-corrected chi connectivity index (χ3v) is 6.73. The number of carbonyl (C=O) groups is 2. The van der Waals surface area contributed by atoms with Crippen molar-refractivity contribution in [2.75, 3.05) is 11.5 Å². The van der Waals surface area contributed by atoms with Gasteiger partial charge < -0.3 is 30.0 Å². The molecule has 8 nitrogen and oxygen atoms in total. The molecule has 0 spiro atoms. The van der Waals surface area contributed by atoms with Gasteiger partial charge in [-0.1, -0.05) is 6.92 Å². The summed E-state index contributed by atoms with van der Waals surface area (Å²) in [5, 5.41) is 21.6. The number of carbonyl (C=O) groups excluding carboxylic acids is 2.